The molecule has 0 amide bonds. The number of rotatable bonds is 2. The minimum atomic E-state index is -0.114. The van der Waals surface area contributed by atoms with Gasteiger partial charge in [0.05, 0.1) is 16.3 Å². The van der Waals surface area contributed by atoms with Gasteiger partial charge in [0.25, 0.3) is 0 Å². The maximum Gasteiger partial charge on any atom is 0.184 e. The first-order chi connectivity index (χ1) is 7.31. The summed E-state index contributed by atoms with van der Waals surface area (Å²) in [5.41, 5.74) is 1.05. The number of aliphatic hydroxyl groups excluding tert-OH is 1. The Morgan fingerprint density at radius 3 is 2.75 bits per heavy atom. The summed E-state index contributed by atoms with van der Waals surface area (Å²) in [6.45, 7) is 0. The van der Waals surface area contributed by atoms with Gasteiger partial charge in [-0.05, 0) is 25.0 Å². The lowest BCUT2D eigenvalue weighted by Crippen LogP contribution is -2.38. The quantitative estimate of drug-likeness (QED) is 0.868. The van der Waals surface area contributed by atoms with Crippen molar-refractivity contribution < 1.29 is 5.11 Å². The average molecular weight is 257 g/mol. The van der Waals surface area contributed by atoms with E-state index in [2.05, 4.69) is 16.4 Å². The first-order valence-electron chi connectivity index (χ1n) is 5.11. The number of halogens is 1. The Kier molecular flexibility index (Phi) is 3.33. The largest absolute Gasteiger partial charge is 0.393 e. The summed E-state index contributed by atoms with van der Waals surface area (Å²) in [5.74, 6) is 0. The molecular weight excluding hydrogens is 244 g/mol. The zero-order chi connectivity index (χ0) is 10.3. The van der Waals surface area contributed by atoms with Crippen LogP contribution < -0.4 is 5.32 Å². The molecular formula is C11H13ClN2OS. The summed E-state index contributed by atoms with van der Waals surface area (Å²) in [7, 11) is 0. The fraction of sp³-hybridized carbons (Fsp3) is 0.364. The van der Waals surface area contributed by atoms with E-state index in [1.807, 2.05) is 18.2 Å². The number of para-hydroxylation sites is 1. The molecule has 1 saturated carbocycles. The first kappa shape index (κ1) is 11.6. The van der Waals surface area contributed by atoms with Gasteiger partial charge in [-0.15, -0.1) is 12.4 Å². The molecule has 1 aliphatic rings. The Hall–Kier alpha value is -0.840. The smallest absolute Gasteiger partial charge is 0.184 e. The summed E-state index contributed by atoms with van der Waals surface area (Å²) < 4.78 is 1.21. The highest BCUT2D eigenvalue weighted by molar-refractivity contribution is 7.22. The van der Waals surface area contributed by atoms with Gasteiger partial charge in [0, 0.05) is 6.04 Å². The predicted octanol–water partition coefficient (Wildman–Crippen LogP) is 2.65. The van der Waals surface area contributed by atoms with Gasteiger partial charge in [-0.1, -0.05) is 23.5 Å². The zero-order valence-corrected chi connectivity index (χ0v) is 10.2. The molecule has 0 unspecified atom stereocenters. The third kappa shape index (κ3) is 2.14. The van der Waals surface area contributed by atoms with E-state index in [0.717, 1.165) is 23.5 Å². The van der Waals surface area contributed by atoms with Crippen molar-refractivity contribution in [3.8, 4) is 0 Å². The molecule has 0 aliphatic heterocycles. The number of hydrogen-bond donors (Lipinski definition) is 2. The lowest BCUT2D eigenvalue weighted by atomic mass is 9.90. The molecule has 0 atom stereocenters. The fourth-order valence-electron chi connectivity index (χ4n) is 1.81. The van der Waals surface area contributed by atoms with Gasteiger partial charge < -0.3 is 10.4 Å². The van der Waals surface area contributed by atoms with Crippen LogP contribution in [0.1, 0.15) is 12.8 Å². The minimum absolute atomic E-state index is 0. The molecule has 2 N–H and O–H groups in total. The van der Waals surface area contributed by atoms with Crippen molar-refractivity contribution in [3.05, 3.63) is 24.3 Å². The second-order valence-corrected chi connectivity index (χ2v) is 4.98. The molecule has 0 radical (unpaired) electrons. The highest BCUT2D eigenvalue weighted by Crippen LogP contribution is 2.29. The molecule has 16 heavy (non-hydrogen) atoms. The highest BCUT2D eigenvalue weighted by atomic mass is 35.5. The first-order valence-corrected chi connectivity index (χ1v) is 5.93. The van der Waals surface area contributed by atoms with Gasteiger partial charge in [0.2, 0.25) is 0 Å². The number of hydrogen-bond acceptors (Lipinski definition) is 4. The summed E-state index contributed by atoms with van der Waals surface area (Å²) in [6, 6.07) is 8.53. The Bertz CT molecular complexity index is 449. The van der Waals surface area contributed by atoms with E-state index in [4.69, 9.17) is 0 Å². The number of aliphatic hydroxyl groups is 1. The molecule has 3 nitrogen and oxygen atoms in total. The standard InChI is InChI=1S/C11H12N2OS.ClH/c14-8-5-7(6-8)12-11-13-9-3-1-2-4-10(9)15-11;/h1-4,7-8,14H,5-6H2,(H,12,13);1H/t7-,8+;. The molecule has 86 valence electrons. The molecule has 5 heteroatoms. The molecule has 2 aromatic rings. The van der Waals surface area contributed by atoms with Crippen LogP contribution in [0.3, 0.4) is 0 Å². The average Bonchev–Trinajstić information content (AvgIpc) is 2.57. The molecule has 3 rings (SSSR count). The van der Waals surface area contributed by atoms with Crippen molar-refractivity contribution in [2.75, 3.05) is 5.32 Å². The van der Waals surface area contributed by atoms with Gasteiger partial charge in [0.15, 0.2) is 5.13 Å². The van der Waals surface area contributed by atoms with E-state index in [9.17, 15) is 5.11 Å². The molecule has 1 aromatic carbocycles. The molecule has 1 heterocycles. The molecule has 0 bridgehead atoms. The van der Waals surface area contributed by atoms with Crippen molar-refractivity contribution in [2.24, 2.45) is 0 Å². The van der Waals surface area contributed by atoms with Crippen LogP contribution in [-0.2, 0) is 0 Å². The number of anilines is 1. The van der Waals surface area contributed by atoms with Gasteiger partial charge in [-0.3, -0.25) is 0 Å². The normalized spacial score (nSPS) is 23.6. The topological polar surface area (TPSA) is 45.1 Å². The summed E-state index contributed by atoms with van der Waals surface area (Å²) in [4.78, 5) is 4.49. The second kappa shape index (κ2) is 4.57. The van der Waals surface area contributed by atoms with Crippen molar-refractivity contribution in [1.29, 1.82) is 0 Å². The maximum absolute atomic E-state index is 9.18. The molecule has 1 aliphatic carbocycles. The summed E-state index contributed by atoms with van der Waals surface area (Å²) in [6.07, 6.45) is 1.57. The fourth-order valence-corrected chi connectivity index (χ4v) is 2.76. The minimum Gasteiger partial charge on any atom is -0.393 e. The van der Waals surface area contributed by atoms with E-state index in [1.165, 1.54) is 4.70 Å². The summed E-state index contributed by atoms with van der Waals surface area (Å²) in [5, 5.41) is 13.5. The van der Waals surface area contributed by atoms with E-state index in [0.29, 0.717) is 6.04 Å². The predicted molar refractivity (Wildman–Crippen MR) is 69.5 cm³/mol. The number of benzene rings is 1. The highest BCUT2D eigenvalue weighted by Gasteiger charge is 2.27. The van der Waals surface area contributed by atoms with Crippen LogP contribution in [0.15, 0.2) is 24.3 Å². The van der Waals surface area contributed by atoms with Gasteiger partial charge in [-0.25, -0.2) is 4.98 Å². The van der Waals surface area contributed by atoms with Crippen molar-refractivity contribution in [3.63, 3.8) is 0 Å². The number of fused-ring (bicyclic) bond motifs is 1. The van der Waals surface area contributed by atoms with Crippen molar-refractivity contribution >= 4 is 39.1 Å². The summed E-state index contributed by atoms with van der Waals surface area (Å²) >= 11 is 1.67. The Morgan fingerprint density at radius 1 is 1.31 bits per heavy atom. The van der Waals surface area contributed by atoms with Crippen LogP contribution in [-0.4, -0.2) is 22.2 Å². The maximum atomic E-state index is 9.18. The van der Waals surface area contributed by atoms with Crippen molar-refractivity contribution in [2.45, 2.75) is 25.0 Å². The number of nitrogens with zero attached hydrogens (tertiary/aromatic N) is 1. The van der Waals surface area contributed by atoms with Crippen LogP contribution in [0, 0.1) is 0 Å². The number of aromatic nitrogens is 1. The zero-order valence-electron chi connectivity index (χ0n) is 8.59. The molecule has 0 saturated heterocycles. The monoisotopic (exact) mass is 256 g/mol. The van der Waals surface area contributed by atoms with Crippen LogP contribution >= 0.6 is 23.7 Å². The number of nitrogens with one attached hydrogen (secondary N) is 1. The SMILES string of the molecule is Cl.O[C@H]1C[C@@H](Nc2nc3ccccc3s2)C1. The Labute approximate surface area is 104 Å². The van der Waals surface area contributed by atoms with Crippen molar-refractivity contribution in [1.82, 2.24) is 4.98 Å². The van der Waals surface area contributed by atoms with Gasteiger partial charge in [-0.2, -0.15) is 0 Å². The van der Waals surface area contributed by atoms with Crippen LogP contribution in [0.2, 0.25) is 0 Å². The second-order valence-electron chi connectivity index (χ2n) is 3.95. The molecule has 0 spiro atoms. The van der Waals surface area contributed by atoms with Crippen LogP contribution in [0.25, 0.3) is 10.2 Å². The van der Waals surface area contributed by atoms with Gasteiger partial charge >= 0.3 is 0 Å². The Balaban J connectivity index is 0.000000963. The van der Waals surface area contributed by atoms with E-state index < -0.39 is 0 Å². The van der Waals surface area contributed by atoms with E-state index >= 15 is 0 Å². The number of thiazole rings is 1. The third-order valence-electron chi connectivity index (χ3n) is 2.73. The van der Waals surface area contributed by atoms with Gasteiger partial charge in [0.1, 0.15) is 0 Å². The molecule has 1 fully saturated rings. The van der Waals surface area contributed by atoms with Crippen LogP contribution in [0.4, 0.5) is 5.13 Å². The van der Waals surface area contributed by atoms with Crippen LogP contribution in [0.5, 0.6) is 0 Å². The third-order valence-corrected chi connectivity index (χ3v) is 3.70. The van der Waals surface area contributed by atoms with E-state index in [-0.39, 0.29) is 18.5 Å². The lowest BCUT2D eigenvalue weighted by Gasteiger charge is -2.31. The lowest BCUT2D eigenvalue weighted by molar-refractivity contribution is 0.0836. The Morgan fingerprint density at radius 2 is 2.06 bits per heavy atom. The van der Waals surface area contributed by atoms with E-state index in [1.54, 1.807) is 11.3 Å². The molecule has 1 aromatic heterocycles.